The highest BCUT2D eigenvalue weighted by molar-refractivity contribution is 7.09. The van der Waals surface area contributed by atoms with E-state index in [0.29, 0.717) is 29.8 Å². The third-order valence-corrected chi connectivity index (χ3v) is 5.82. The smallest absolute Gasteiger partial charge is 0.252 e. The number of aromatic nitrogens is 2. The van der Waals surface area contributed by atoms with Crippen molar-refractivity contribution in [1.82, 2.24) is 20.6 Å². The number of nitrogens with two attached hydrogens (primary N) is 1. The van der Waals surface area contributed by atoms with Crippen molar-refractivity contribution in [3.63, 3.8) is 0 Å². The minimum Gasteiger partial charge on any atom is -0.352 e. The zero-order valence-corrected chi connectivity index (χ0v) is 17.5. The van der Waals surface area contributed by atoms with E-state index in [0.717, 1.165) is 17.8 Å². The van der Waals surface area contributed by atoms with Gasteiger partial charge in [-0.25, -0.2) is 9.37 Å². The van der Waals surface area contributed by atoms with Crippen LogP contribution in [0.25, 0.3) is 11.3 Å². The van der Waals surface area contributed by atoms with Crippen LogP contribution in [0, 0.1) is 5.82 Å². The summed E-state index contributed by atoms with van der Waals surface area (Å²) in [5, 5.41) is 8.53. The van der Waals surface area contributed by atoms with Crippen LogP contribution < -0.4 is 16.4 Å². The molecule has 4 rings (SSSR count). The Labute approximate surface area is 182 Å². The topological polar surface area (TPSA) is 110 Å². The number of thiazole rings is 1. The number of benzene rings is 1. The summed E-state index contributed by atoms with van der Waals surface area (Å²) in [6.07, 6.45) is 5.70. The Morgan fingerprint density at radius 2 is 2.00 bits per heavy atom. The summed E-state index contributed by atoms with van der Waals surface area (Å²) < 4.78 is 14.6. The van der Waals surface area contributed by atoms with Gasteiger partial charge in [0.15, 0.2) is 0 Å². The van der Waals surface area contributed by atoms with Crippen LogP contribution in [-0.2, 0) is 13.0 Å². The fourth-order valence-electron chi connectivity index (χ4n) is 3.15. The quantitative estimate of drug-likeness (QED) is 0.500. The van der Waals surface area contributed by atoms with Crippen LogP contribution in [-0.4, -0.2) is 34.4 Å². The van der Waals surface area contributed by atoms with Gasteiger partial charge in [0.25, 0.3) is 11.8 Å². The van der Waals surface area contributed by atoms with E-state index in [-0.39, 0.29) is 35.5 Å². The number of carbonyl (C=O) groups is 2. The van der Waals surface area contributed by atoms with Gasteiger partial charge in [-0.2, -0.15) is 0 Å². The Kier molecular flexibility index (Phi) is 6.34. The number of hydrogen-bond donors (Lipinski definition) is 3. The maximum atomic E-state index is 14.6. The molecule has 31 heavy (non-hydrogen) atoms. The molecule has 2 heterocycles. The minimum absolute atomic E-state index is 0.0354. The average molecular weight is 440 g/mol. The molecule has 0 aliphatic heterocycles. The first-order valence-corrected chi connectivity index (χ1v) is 10.9. The Hall–Kier alpha value is -3.17. The predicted molar refractivity (Wildman–Crippen MR) is 116 cm³/mol. The summed E-state index contributed by atoms with van der Waals surface area (Å²) in [5.74, 6) is -1.12. The Morgan fingerprint density at radius 3 is 2.65 bits per heavy atom. The van der Waals surface area contributed by atoms with Gasteiger partial charge in [-0.05, 0) is 37.1 Å². The monoisotopic (exact) mass is 439 g/mol. The SMILES string of the molecule is NCc1c(F)cc(C(=O)NC2CC2)cc1-c1ccc(C(=O)NCCc2nccs2)cn1. The van der Waals surface area contributed by atoms with E-state index in [4.69, 9.17) is 5.73 Å². The molecule has 3 aromatic rings. The van der Waals surface area contributed by atoms with Gasteiger partial charge < -0.3 is 16.4 Å². The number of carbonyl (C=O) groups excluding carboxylic acids is 2. The van der Waals surface area contributed by atoms with Gasteiger partial charge in [-0.15, -0.1) is 11.3 Å². The summed E-state index contributed by atoms with van der Waals surface area (Å²) in [6.45, 7) is 0.432. The Morgan fingerprint density at radius 1 is 1.16 bits per heavy atom. The first-order chi connectivity index (χ1) is 15.0. The highest BCUT2D eigenvalue weighted by Gasteiger charge is 2.25. The van der Waals surface area contributed by atoms with E-state index in [1.165, 1.54) is 12.3 Å². The Balaban J connectivity index is 1.49. The van der Waals surface area contributed by atoms with Crippen LogP contribution >= 0.6 is 11.3 Å². The number of pyridine rings is 1. The van der Waals surface area contributed by atoms with Gasteiger partial charge in [0.05, 0.1) is 16.3 Å². The van der Waals surface area contributed by atoms with Crippen LogP contribution in [0.3, 0.4) is 0 Å². The summed E-state index contributed by atoms with van der Waals surface area (Å²) in [6, 6.07) is 6.22. The van der Waals surface area contributed by atoms with Gasteiger partial charge in [0.1, 0.15) is 5.82 Å². The van der Waals surface area contributed by atoms with Crippen molar-refractivity contribution >= 4 is 23.2 Å². The molecule has 0 radical (unpaired) electrons. The van der Waals surface area contributed by atoms with Crippen molar-refractivity contribution in [2.24, 2.45) is 5.73 Å². The summed E-state index contributed by atoms with van der Waals surface area (Å²) in [7, 11) is 0. The minimum atomic E-state index is -0.549. The fraction of sp³-hybridized carbons (Fsp3) is 0.273. The zero-order valence-electron chi connectivity index (χ0n) is 16.7. The number of rotatable bonds is 8. The van der Waals surface area contributed by atoms with E-state index in [9.17, 15) is 14.0 Å². The van der Waals surface area contributed by atoms with Crippen molar-refractivity contribution in [2.75, 3.05) is 6.54 Å². The van der Waals surface area contributed by atoms with Crippen molar-refractivity contribution in [3.05, 3.63) is 69.6 Å². The number of nitrogens with zero attached hydrogens (tertiary/aromatic N) is 2. The molecule has 0 bridgehead atoms. The standard InChI is InChI=1S/C22H22FN5O2S/c23-18-10-14(22(30)28-15-2-3-15)9-16(17(18)11-24)19-4-1-13(12-27-19)21(29)26-6-5-20-25-7-8-31-20/h1,4,7-10,12,15H,2-3,5-6,11,24H2,(H,26,29)(H,28,30). The number of amides is 2. The van der Waals surface area contributed by atoms with Gasteiger partial charge in [0.2, 0.25) is 0 Å². The summed E-state index contributed by atoms with van der Waals surface area (Å²) in [5.41, 5.74) is 7.52. The lowest BCUT2D eigenvalue weighted by molar-refractivity contribution is 0.0944. The summed E-state index contributed by atoms with van der Waals surface area (Å²) in [4.78, 5) is 33.2. The maximum Gasteiger partial charge on any atom is 0.252 e. The van der Waals surface area contributed by atoms with Crippen molar-refractivity contribution < 1.29 is 14.0 Å². The van der Waals surface area contributed by atoms with Crippen molar-refractivity contribution in [2.45, 2.75) is 31.8 Å². The number of hydrogen-bond acceptors (Lipinski definition) is 6. The molecule has 1 aliphatic rings. The third-order valence-electron chi connectivity index (χ3n) is 4.98. The van der Waals surface area contributed by atoms with Crippen molar-refractivity contribution in [1.29, 1.82) is 0 Å². The number of halogens is 1. The molecular formula is C22H22FN5O2S. The molecule has 4 N–H and O–H groups in total. The normalized spacial score (nSPS) is 13.1. The number of nitrogens with one attached hydrogen (secondary N) is 2. The lowest BCUT2D eigenvalue weighted by atomic mass is 9.99. The van der Waals surface area contributed by atoms with Gasteiger partial charge in [-0.3, -0.25) is 14.6 Å². The molecule has 0 atom stereocenters. The first kappa shape index (κ1) is 21.1. The van der Waals surface area contributed by atoms with Gasteiger partial charge >= 0.3 is 0 Å². The van der Waals surface area contributed by atoms with Crippen molar-refractivity contribution in [3.8, 4) is 11.3 Å². The largest absolute Gasteiger partial charge is 0.352 e. The Bertz CT molecular complexity index is 1080. The molecule has 160 valence electrons. The molecule has 2 aromatic heterocycles. The first-order valence-electron chi connectivity index (χ1n) is 10.0. The van der Waals surface area contributed by atoms with Crippen LogP contribution in [0.4, 0.5) is 4.39 Å². The zero-order chi connectivity index (χ0) is 21.8. The third kappa shape index (κ3) is 5.12. The average Bonchev–Trinajstić information content (AvgIpc) is 3.44. The van der Waals surface area contributed by atoms with E-state index in [1.807, 2.05) is 5.38 Å². The second-order valence-electron chi connectivity index (χ2n) is 7.30. The highest BCUT2D eigenvalue weighted by atomic mass is 32.1. The van der Waals surface area contributed by atoms with E-state index in [1.54, 1.807) is 35.7 Å². The van der Waals surface area contributed by atoms with E-state index in [2.05, 4.69) is 20.6 Å². The molecule has 9 heteroatoms. The predicted octanol–water partition coefficient (Wildman–Crippen LogP) is 2.67. The van der Waals surface area contributed by atoms with Crippen LogP contribution in [0.1, 0.15) is 44.1 Å². The molecular weight excluding hydrogens is 417 g/mol. The van der Waals surface area contributed by atoms with Crippen LogP contribution in [0.15, 0.2) is 42.0 Å². The molecule has 1 saturated carbocycles. The molecule has 2 amide bonds. The maximum absolute atomic E-state index is 14.6. The molecule has 0 spiro atoms. The summed E-state index contributed by atoms with van der Waals surface area (Å²) >= 11 is 1.54. The lowest BCUT2D eigenvalue weighted by Gasteiger charge is -2.12. The molecule has 0 unspecified atom stereocenters. The van der Waals surface area contributed by atoms with E-state index < -0.39 is 5.82 Å². The second-order valence-corrected chi connectivity index (χ2v) is 8.28. The van der Waals surface area contributed by atoms with E-state index >= 15 is 0 Å². The molecule has 7 nitrogen and oxygen atoms in total. The molecule has 1 fully saturated rings. The van der Waals surface area contributed by atoms with Gasteiger partial charge in [-0.1, -0.05) is 0 Å². The van der Waals surface area contributed by atoms with Crippen LogP contribution in [0.5, 0.6) is 0 Å². The lowest BCUT2D eigenvalue weighted by Crippen LogP contribution is -2.26. The molecule has 0 saturated heterocycles. The van der Waals surface area contributed by atoms with Gasteiger partial charge in [0, 0.05) is 60.0 Å². The molecule has 1 aromatic carbocycles. The van der Waals surface area contributed by atoms with Crippen LogP contribution in [0.2, 0.25) is 0 Å². The fourth-order valence-corrected chi connectivity index (χ4v) is 3.77. The second kappa shape index (κ2) is 9.32. The highest BCUT2D eigenvalue weighted by Crippen LogP contribution is 2.27. The molecule has 1 aliphatic carbocycles.